The van der Waals surface area contributed by atoms with Gasteiger partial charge in [0.15, 0.2) is 0 Å². The van der Waals surface area contributed by atoms with Gasteiger partial charge in [0.05, 0.1) is 0 Å². The van der Waals surface area contributed by atoms with Gasteiger partial charge in [0.1, 0.15) is 0 Å². The lowest BCUT2D eigenvalue weighted by Gasteiger charge is -2.36. The van der Waals surface area contributed by atoms with Crippen LogP contribution in [0.1, 0.15) is 35.4 Å². The van der Waals surface area contributed by atoms with E-state index in [0.29, 0.717) is 6.04 Å². The molecule has 2 heteroatoms. The highest BCUT2D eigenvalue weighted by molar-refractivity contribution is 6.30. The number of aryl methyl sites for hydroxylation is 1. The minimum Gasteiger partial charge on any atom is -0.314 e. The second kappa shape index (κ2) is 6.64. The van der Waals surface area contributed by atoms with Gasteiger partial charge < -0.3 is 5.32 Å². The van der Waals surface area contributed by atoms with E-state index in [1.54, 1.807) is 0 Å². The predicted molar refractivity (Wildman–Crippen MR) is 90.1 cm³/mol. The van der Waals surface area contributed by atoms with E-state index in [4.69, 9.17) is 11.6 Å². The van der Waals surface area contributed by atoms with E-state index in [9.17, 15) is 0 Å². The highest BCUT2D eigenvalue weighted by Crippen LogP contribution is 2.36. The summed E-state index contributed by atoms with van der Waals surface area (Å²) >= 11 is 5.90. The molecule has 21 heavy (non-hydrogen) atoms. The molecule has 0 aromatic heterocycles. The highest BCUT2D eigenvalue weighted by atomic mass is 35.5. The molecule has 1 aliphatic rings. The number of hydrogen-bond acceptors (Lipinski definition) is 1. The SMILES string of the molecule is Cc1ccc(C2CC(NCCc3ccc(Cl)cc3)C2)cc1. The first-order valence-electron chi connectivity index (χ1n) is 7.75. The maximum absolute atomic E-state index is 5.90. The zero-order valence-corrected chi connectivity index (χ0v) is 13.2. The molecule has 0 heterocycles. The topological polar surface area (TPSA) is 12.0 Å². The molecular formula is C19H22ClN. The zero-order valence-electron chi connectivity index (χ0n) is 12.5. The van der Waals surface area contributed by atoms with Gasteiger partial charge >= 0.3 is 0 Å². The summed E-state index contributed by atoms with van der Waals surface area (Å²) in [5.41, 5.74) is 4.19. The molecule has 2 aromatic rings. The van der Waals surface area contributed by atoms with Crippen molar-refractivity contribution in [3.05, 3.63) is 70.2 Å². The van der Waals surface area contributed by atoms with Crippen molar-refractivity contribution in [2.24, 2.45) is 0 Å². The molecule has 0 unspecified atom stereocenters. The van der Waals surface area contributed by atoms with Gasteiger partial charge in [0, 0.05) is 11.1 Å². The van der Waals surface area contributed by atoms with E-state index in [-0.39, 0.29) is 0 Å². The molecule has 0 amide bonds. The minimum absolute atomic E-state index is 0.684. The molecule has 0 atom stereocenters. The second-order valence-electron chi connectivity index (χ2n) is 6.11. The first-order chi connectivity index (χ1) is 10.2. The average molecular weight is 300 g/mol. The molecule has 0 spiro atoms. The van der Waals surface area contributed by atoms with Crippen LogP contribution >= 0.6 is 11.6 Å². The van der Waals surface area contributed by atoms with Crippen molar-refractivity contribution in [1.82, 2.24) is 5.32 Å². The van der Waals surface area contributed by atoms with Crippen LogP contribution in [-0.4, -0.2) is 12.6 Å². The maximum Gasteiger partial charge on any atom is 0.0406 e. The summed E-state index contributed by atoms with van der Waals surface area (Å²) < 4.78 is 0. The maximum atomic E-state index is 5.90. The van der Waals surface area contributed by atoms with Crippen LogP contribution in [0.5, 0.6) is 0 Å². The van der Waals surface area contributed by atoms with Crippen molar-refractivity contribution in [2.75, 3.05) is 6.54 Å². The summed E-state index contributed by atoms with van der Waals surface area (Å²) in [5, 5.41) is 4.47. The Hall–Kier alpha value is -1.31. The van der Waals surface area contributed by atoms with Crippen LogP contribution in [-0.2, 0) is 6.42 Å². The minimum atomic E-state index is 0.684. The Bertz CT molecular complexity index is 568. The van der Waals surface area contributed by atoms with Crippen LogP contribution < -0.4 is 5.32 Å². The molecule has 1 aliphatic carbocycles. The molecule has 0 saturated heterocycles. The summed E-state index contributed by atoms with van der Waals surface area (Å²) in [6.45, 7) is 3.19. The van der Waals surface area contributed by atoms with E-state index < -0.39 is 0 Å². The second-order valence-corrected chi connectivity index (χ2v) is 6.54. The Labute approximate surface area is 132 Å². The molecule has 1 nitrogen and oxygen atoms in total. The smallest absolute Gasteiger partial charge is 0.0406 e. The third-order valence-electron chi connectivity index (χ3n) is 4.45. The fourth-order valence-corrected chi connectivity index (χ4v) is 3.09. The third kappa shape index (κ3) is 3.87. The largest absolute Gasteiger partial charge is 0.314 e. The number of nitrogens with one attached hydrogen (secondary N) is 1. The van der Waals surface area contributed by atoms with Crippen LogP contribution in [0, 0.1) is 6.92 Å². The van der Waals surface area contributed by atoms with E-state index in [1.807, 2.05) is 12.1 Å². The van der Waals surface area contributed by atoms with Crippen LogP contribution in [0.15, 0.2) is 48.5 Å². The van der Waals surface area contributed by atoms with Crippen molar-refractivity contribution in [1.29, 1.82) is 0 Å². The average Bonchev–Trinajstić information content (AvgIpc) is 2.45. The van der Waals surface area contributed by atoms with Crippen LogP contribution in [0.3, 0.4) is 0 Å². The molecule has 110 valence electrons. The van der Waals surface area contributed by atoms with Gasteiger partial charge in [0.2, 0.25) is 0 Å². The number of rotatable bonds is 5. The molecule has 1 fully saturated rings. The Morgan fingerprint density at radius 3 is 2.33 bits per heavy atom. The van der Waals surface area contributed by atoms with Crippen molar-refractivity contribution in [3.8, 4) is 0 Å². The third-order valence-corrected chi connectivity index (χ3v) is 4.70. The van der Waals surface area contributed by atoms with E-state index in [0.717, 1.165) is 23.9 Å². The fraction of sp³-hybridized carbons (Fsp3) is 0.368. The normalized spacial score (nSPS) is 21.0. The molecule has 3 rings (SSSR count). The van der Waals surface area contributed by atoms with Crippen molar-refractivity contribution in [2.45, 2.75) is 38.1 Å². The fourth-order valence-electron chi connectivity index (χ4n) is 2.97. The first-order valence-corrected chi connectivity index (χ1v) is 8.13. The number of halogens is 1. The van der Waals surface area contributed by atoms with Gasteiger partial charge in [-0.05, 0) is 61.9 Å². The van der Waals surface area contributed by atoms with Gasteiger partial charge in [-0.25, -0.2) is 0 Å². The lowest BCUT2D eigenvalue weighted by molar-refractivity contribution is 0.293. The van der Waals surface area contributed by atoms with Crippen LogP contribution in [0.25, 0.3) is 0 Å². The van der Waals surface area contributed by atoms with Crippen LogP contribution in [0.2, 0.25) is 5.02 Å². The Balaban J connectivity index is 1.39. The molecule has 2 aromatic carbocycles. The zero-order chi connectivity index (χ0) is 14.7. The molecule has 1 N–H and O–H groups in total. The summed E-state index contributed by atoms with van der Waals surface area (Å²) in [7, 11) is 0. The van der Waals surface area contributed by atoms with Gasteiger partial charge in [-0.15, -0.1) is 0 Å². The molecule has 0 radical (unpaired) electrons. The standard InChI is InChI=1S/C19H22ClN/c1-14-2-6-16(7-3-14)17-12-19(13-17)21-11-10-15-4-8-18(20)9-5-15/h2-9,17,19,21H,10-13H2,1H3. The van der Waals surface area contributed by atoms with E-state index >= 15 is 0 Å². The van der Waals surface area contributed by atoms with Gasteiger partial charge in [-0.3, -0.25) is 0 Å². The monoisotopic (exact) mass is 299 g/mol. The first kappa shape index (κ1) is 14.6. The lowest BCUT2D eigenvalue weighted by atomic mass is 9.75. The molecule has 1 saturated carbocycles. The van der Waals surface area contributed by atoms with E-state index in [1.165, 1.54) is 29.5 Å². The Kier molecular flexibility index (Phi) is 4.62. The van der Waals surface area contributed by atoms with Crippen molar-refractivity contribution >= 4 is 11.6 Å². The number of benzene rings is 2. The Morgan fingerprint density at radius 1 is 1.00 bits per heavy atom. The van der Waals surface area contributed by atoms with Gasteiger partial charge in [0.25, 0.3) is 0 Å². The highest BCUT2D eigenvalue weighted by Gasteiger charge is 2.29. The molecule has 0 aliphatic heterocycles. The van der Waals surface area contributed by atoms with Crippen molar-refractivity contribution in [3.63, 3.8) is 0 Å². The number of hydrogen-bond donors (Lipinski definition) is 1. The quantitative estimate of drug-likeness (QED) is 0.842. The van der Waals surface area contributed by atoms with Crippen LogP contribution in [0.4, 0.5) is 0 Å². The summed E-state index contributed by atoms with van der Waals surface area (Å²) in [4.78, 5) is 0. The van der Waals surface area contributed by atoms with Gasteiger partial charge in [-0.1, -0.05) is 53.6 Å². The Morgan fingerprint density at radius 2 is 1.67 bits per heavy atom. The summed E-state index contributed by atoms with van der Waals surface area (Å²) in [5.74, 6) is 0.749. The van der Waals surface area contributed by atoms with Crippen molar-refractivity contribution < 1.29 is 0 Å². The van der Waals surface area contributed by atoms with E-state index in [2.05, 4.69) is 48.6 Å². The lowest BCUT2D eigenvalue weighted by Crippen LogP contribution is -2.40. The van der Waals surface area contributed by atoms with Gasteiger partial charge in [-0.2, -0.15) is 0 Å². The molecule has 0 bridgehead atoms. The molecular weight excluding hydrogens is 278 g/mol. The summed E-state index contributed by atoms with van der Waals surface area (Å²) in [6.07, 6.45) is 3.61. The predicted octanol–water partition coefficient (Wildman–Crippen LogP) is 4.73. The summed E-state index contributed by atoms with van der Waals surface area (Å²) in [6, 6.07) is 17.8.